The van der Waals surface area contributed by atoms with Gasteiger partial charge in [0.1, 0.15) is 5.75 Å². The van der Waals surface area contributed by atoms with Crippen LogP contribution in [0.2, 0.25) is 0 Å². The van der Waals surface area contributed by atoms with Gasteiger partial charge in [-0.15, -0.1) is 24.8 Å². The Kier molecular flexibility index (Phi) is 9.12. The quantitative estimate of drug-likeness (QED) is 0.767. The number of hydrogen-bond acceptors (Lipinski definition) is 4. The molecule has 0 aromatic heterocycles. The van der Waals surface area contributed by atoms with E-state index in [-0.39, 0.29) is 43.3 Å². The molecule has 1 saturated heterocycles. The summed E-state index contributed by atoms with van der Waals surface area (Å²) in [6, 6.07) is 7.82. The lowest BCUT2D eigenvalue weighted by atomic mass is 10.2. The summed E-state index contributed by atoms with van der Waals surface area (Å²) in [7, 11) is 1.62. The second kappa shape index (κ2) is 9.69. The lowest BCUT2D eigenvalue weighted by molar-refractivity contribution is -0.119. The highest BCUT2D eigenvalue weighted by Gasteiger charge is 2.16. The topological polar surface area (TPSA) is 62.4 Å². The van der Waals surface area contributed by atoms with E-state index in [1.54, 1.807) is 7.11 Å². The summed E-state index contributed by atoms with van der Waals surface area (Å²) in [6.45, 7) is 2.10. The summed E-state index contributed by atoms with van der Waals surface area (Å²) in [5.74, 6) is 0.752. The Labute approximate surface area is 131 Å². The lowest BCUT2D eigenvalue weighted by Crippen LogP contribution is -2.39. The van der Waals surface area contributed by atoms with Gasteiger partial charge in [0.15, 0.2) is 0 Å². The van der Waals surface area contributed by atoms with Gasteiger partial charge in [0.25, 0.3) is 0 Å². The first-order valence-corrected chi connectivity index (χ1v) is 6.16. The second-order valence-corrected chi connectivity index (χ2v) is 4.31. The number of rotatable bonds is 5. The Morgan fingerprint density at radius 1 is 1.40 bits per heavy atom. The van der Waals surface area contributed by atoms with Crippen LogP contribution < -0.4 is 20.7 Å². The first-order chi connectivity index (χ1) is 8.79. The summed E-state index contributed by atoms with van der Waals surface area (Å²) in [4.78, 5) is 11.7. The molecule has 1 aromatic rings. The van der Waals surface area contributed by atoms with Crippen LogP contribution in [-0.4, -0.2) is 38.7 Å². The summed E-state index contributed by atoms with van der Waals surface area (Å²) < 4.78 is 5.21. The van der Waals surface area contributed by atoms with Gasteiger partial charge in [-0.25, -0.2) is 0 Å². The normalized spacial score (nSPS) is 16.6. The van der Waals surface area contributed by atoms with Crippen LogP contribution in [-0.2, 0) is 4.79 Å². The molecule has 1 aromatic carbocycles. The van der Waals surface area contributed by atoms with Gasteiger partial charge in [0.05, 0.1) is 19.3 Å². The molecule has 20 heavy (non-hydrogen) atoms. The van der Waals surface area contributed by atoms with Gasteiger partial charge in [-0.1, -0.05) is 12.1 Å². The fourth-order valence-electron chi connectivity index (χ4n) is 2.02. The number of carbonyl (C=O) groups is 1. The number of para-hydroxylation sites is 2. The number of benzene rings is 1. The maximum absolute atomic E-state index is 11.7. The highest BCUT2D eigenvalue weighted by atomic mass is 35.5. The molecule has 0 bridgehead atoms. The number of methoxy groups -OCH3 is 1. The minimum Gasteiger partial charge on any atom is -0.495 e. The van der Waals surface area contributed by atoms with Crippen molar-refractivity contribution in [2.24, 2.45) is 0 Å². The standard InChI is InChI=1S/C13H19N3O2.2ClH/c1-18-12-5-3-2-4-11(12)15-9-13(17)16-10-6-7-14-8-10;;/h2-5,10,14-15H,6-9H2,1H3,(H,16,17);2*1H. The average Bonchev–Trinajstić information content (AvgIpc) is 2.89. The Morgan fingerprint density at radius 2 is 2.15 bits per heavy atom. The highest BCUT2D eigenvalue weighted by molar-refractivity contribution is 5.85. The van der Waals surface area contributed by atoms with Crippen LogP contribution in [0.25, 0.3) is 0 Å². The first kappa shape index (κ1) is 18.8. The molecule has 1 fully saturated rings. The number of anilines is 1. The minimum atomic E-state index is 0. The summed E-state index contributed by atoms with van der Waals surface area (Å²) in [5.41, 5.74) is 0.833. The largest absolute Gasteiger partial charge is 0.495 e. The van der Waals surface area contributed by atoms with Gasteiger partial charge in [-0.3, -0.25) is 4.79 Å². The fraction of sp³-hybridized carbons (Fsp3) is 0.462. The molecule has 5 nitrogen and oxygen atoms in total. The van der Waals surface area contributed by atoms with E-state index in [9.17, 15) is 4.79 Å². The number of carbonyl (C=O) groups excluding carboxylic acids is 1. The van der Waals surface area contributed by atoms with Crippen LogP contribution in [0.4, 0.5) is 5.69 Å². The SMILES string of the molecule is COc1ccccc1NCC(=O)NC1CCNC1.Cl.Cl. The van der Waals surface area contributed by atoms with Crippen LogP contribution in [0, 0.1) is 0 Å². The van der Waals surface area contributed by atoms with Crippen molar-refractivity contribution in [2.75, 3.05) is 32.1 Å². The molecule has 1 unspecified atom stereocenters. The minimum absolute atomic E-state index is 0. The smallest absolute Gasteiger partial charge is 0.239 e. The molecule has 0 saturated carbocycles. The van der Waals surface area contributed by atoms with E-state index in [1.165, 1.54) is 0 Å². The Bertz CT molecular complexity index is 412. The highest BCUT2D eigenvalue weighted by Crippen LogP contribution is 2.22. The molecule has 3 N–H and O–H groups in total. The van der Waals surface area contributed by atoms with Crippen LogP contribution in [0.15, 0.2) is 24.3 Å². The molecular formula is C13H21Cl2N3O2. The van der Waals surface area contributed by atoms with E-state index in [4.69, 9.17) is 4.74 Å². The molecule has 0 spiro atoms. The van der Waals surface area contributed by atoms with Gasteiger partial charge in [-0.05, 0) is 25.1 Å². The molecule has 1 atom stereocenters. The molecule has 1 amide bonds. The van der Waals surface area contributed by atoms with Crippen molar-refractivity contribution in [1.82, 2.24) is 10.6 Å². The van der Waals surface area contributed by atoms with E-state index in [2.05, 4.69) is 16.0 Å². The Balaban J connectivity index is 0.00000180. The van der Waals surface area contributed by atoms with Gasteiger partial charge in [0.2, 0.25) is 5.91 Å². The molecule has 2 rings (SSSR count). The van der Waals surface area contributed by atoms with Gasteiger partial charge in [0, 0.05) is 12.6 Å². The van der Waals surface area contributed by atoms with Gasteiger partial charge >= 0.3 is 0 Å². The van der Waals surface area contributed by atoms with Crippen LogP contribution in [0.5, 0.6) is 5.75 Å². The van der Waals surface area contributed by atoms with Crippen LogP contribution >= 0.6 is 24.8 Å². The van der Waals surface area contributed by atoms with Gasteiger partial charge in [-0.2, -0.15) is 0 Å². The summed E-state index contributed by atoms with van der Waals surface area (Å²) >= 11 is 0. The van der Waals surface area contributed by atoms with Crippen molar-refractivity contribution in [3.05, 3.63) is 24.3 Å². The van der Waals surface area contributed by atoms with Crippen LogP contribution in [0.3, 0.4) is 0 Å². The zero-order chi connectivity index (χ0) is 12.8. The van der Waals surface area contributed by atoms with E-state index >= 15 is 0 Å². The fourth-order valence-corrected chi connectivity index (χ4v) is 2.02. The lowest BCUT2D eigenvalue weighted by Gasteiger charge is -2.13. The van der Waals surface area contributed by atoms with Crippen molar-refractivity contribution < 1.29 is 9.53 Å². The van der Waals surface area contributed by atoms with E-state index < -0.39 is 0 Å². The maximum Gasteiger partial charge on any atom is 0.239 e. The van der Waals surface area contributed by atoms with Crippen LogP contribution in [0.1, 0.15) is 6.42 Å². The average molecular weight is 322 g/mol. The zero-order valence-corrected chi connectivity index (χ0v) is 13.0. The van der Waals surface area contributed by atoms with E-state index in [0.29, 0.717) is 0 Å². The number of hydrogen-bond donors (Lipinski definition) is 3. The third-order valence-electron chi connectivity index (χ3n) is 2.97. The molecule has 7 heteroatoms. The van der Waals surface area contributed by atoms with Gasteiger partial charge < -0.3 is 20.7 Å². The van der Waals surface area contributed by atoms with Crippen molar-refractivity contribution in [3.8, 4) is 5.75 Å². The van der Waals surface area contributed by atoms with Crippen molar-refractivity contribution >= 4 is 36.4 Å². The Hall–Kier alpha value is -1.17. The predicted molar refractivity (Wildman–Crippen MR) is 85.4 cm³/mol. The van der Waals surface area contributed by atoms with E-state index in [0.717, 1.165) is 30.9 Å². The van der Waals surface area contributed by atoms with Crippen molar-refractivity contribution in [2.45, 2.75) is 12.5 Å². The molecule has 0 aliphatic carbocycles. The molecule has 1 aliphatic heterocycles. The third kappa shape index (κ3) is 5.45. The number of amides is 1. The zero-order valence-electron chi connectivity index (χ0n) is 11.3. The Morgan fingerprint density at radius 3 is 2.80 bits per heavy atom. The van der Waals surface area contributed by atoms with Crippen molar-refractivity contribution in [1.29, 1.82) is 0 Å². The maximum atomic E-state index is 11.7. The van der Waals surface area contributed by atoms with E-state index in [1.807, 2.05) is 24.3 Å². The number of nitrogens with one attached hydrogen (secondary N) is 3. The first-order valence-electron chi connectivity index (χ1n) is 6.16. The molecule has 0 radical (unpaired) electrons. The third-order valence-corrected chi connectivity index (χ3v) is 2.97. The molecule has 1 aliphatic rings. The number of ether oxygens (including phenoxy) is 1. The molecular weight excluding hydrogens is 301 g/mol. The predicted octanol–water partition coefficient (Wildman–Crippen LogP) is 1.43. The molecule has 114 valence electrons. The summed E-state index contributed by atoms with van der Waals surface area (Å²) in [5, 5.41) is 9.28. The monoisotopic (exact) mass is 321 g/mol. The summed E-state index contributed by atoms with van der Waals surface area (Å²) in [6.07, 6.45) is 1.00. The number of halogens is 2. The molecule has 1 heterocycles. The second-order valence-electron chi connectivity index (χ2n) is 4.31. The van der Waals surface area contributed by atoms with Crippen molar-refractivity contribution in [3.63, 3.8) is 0 Å².